The number of nitrogens with one attached hydrogen (secondary N) is 1. The Bertz CT molecular complexity index is 266. The van der Waals surface area contributed by atoms with Crippen LogP contribution in [0.2, 0.25) is 0 Å². The first kappa shape index (κ1) is 13.9. The van der Waals surface area contributed by atoms with Gasteiger partial charge in [-0.2, -0.15) is 0 Å². The average molecular weight is 265 g/mol. The van der Waals surface area contributed by atoms with Crippen LogP contribution in [0, 0.1) is 5.41 Å². The number of rotatable bonds is 5. The van der Waals surface area contributed by atoms with Crippen molar-refractivity contribution in [1.82, 2.24) is 5.32 Å². The van der Waals surface area contributed by atoms with Crippen molar-refractivity contribution in [2.45, 2.75) is 89.2 Å². The van der Waals surface area contributed by atoms with Crippen LogP contribution in [0.15, 0.2) is 0 Å². The van der Waals surface area contributed by atoms with Crippen molar-refractivity contribution in [1.29, 1.82) is 0 Å². The van der Waals surface area contributed by atoms with Gasteiger partial charge < -0.3 is 10.1 Å². The molecule has 0 aromatic heterocycles. The second-order valence-electron chi connectivity index (χ2n) is 7.10. The highest BCUT2D eigenvalue weighted by Crippen LogP contribution is 2.51. The van der Waals surface area contributed by atoms with E-state index < -0.39 is 0 Å². The molecule has 19 heavy (non-hydrogen) atoms. The zero-order valence-electron chi connectivity index (χ0n) is 12.5. The van der Waals surface area contributed by atoms with E-state index in [1.54, 1.807) is 0 Å². The van der Waals surface area contributed by atoms with Gasteiger partial charge in [0.2, 0.25) is 0 Å². The Balaban J connectivity index is 1.31. The Hall–Kier alpha value is -0.0800. The van der Waals surface area contributed by atoms with E-state index in [1.165, 1.54) is 77.0 Å². The molecule has 0 saturated heterocycles. The lowest BCUT2D eigenvalue weighted by molar-refractivity contribution is 0.00257. The first-order valence-corrected chi connectivity index (χ1v) is 8.74. The lowest BCUT2D eigenvalue weighted by Crippen LogP contribution is -2.54. The molecule has 0 aromatic carbocycles. The van der Waals surface area contributed by atoms with Gasteiger partial charge in [0, 0.05) is 12.6 Å². The van der Waals surface area contributed by atoms with Crippen LogP contribution in [0.25, 0.3) is 0 Å². The van der Waals surface area contributed by atoms with Crippen LogP contribution >= 0.6 is 0 Å². The minimum atomic E-state index is 0.570. The summed E-state index contributed by atoms with van der Waals surface area (Å²) in [6.45, 7) is 2.00. The molecule has 0 heterocycles. The zero-order valence-corrected chi connectivity index (χ0v) is 12.5. The van der Waals surface area contributed by atoms with Crippen molar-refractivity contribution in [2.24, 2.45) is 5.41 Å². The van der Waals surface area contributed by atoms with Crippen molar-refractivity contribution < 1.29 is 4.74 Å². The van der Waals surface area contributed by atoms with Gasteiger partial charge in [0.25, 0.3) is 0 Å². The Morgan fingerprint density at radius 1 is 0.842 bits per heavy atom. The van der Waals surface area contributed by atoms with E-state index in [2.05, 4.69) is 5.32 Å². The smallest absolute Gasteiger partial charge is 0.0594 e. The van der Waals surface area contributed by atoms with Crippen LogP contribution in [0.1, 0.15) is 77.0 Å². The van der Waals surface area contributed by atoms with Gasteiger partial charge in [0.1, 0.15) is 0 Å². The summed E-state index contributed by atoms with van der Waals surface area (Å²) in [4.78, 5) is 0. The topological polar surface area (TPSA) is 21.3 Å². The van der Waals surface area contributed by atoms with Gasteiger partial charge in [0.05, 0.1) is 12.7 Å². The van der Waals surface area contributed by atoms with E-state index >= 15 is 0 Å². The molecule has 0 aromatic rings. The third-order valence-corrected chi connectivity index (χ3v) is 5.92. The summed E-state index contributed by atoms with van der Waals surface area (Å²) < 4.78 is 6.02. The Labute approximate surface area is 118 Å². The van der Waals surface area contributed by atoms with Crippen molar-refractivity contribution in [2.75, 3.05) is 13.2 Å². The van der Waals surface area contributed by atoms with Crippen LogP contribution in [-0.4, -0.2) is 25.3 Å². The molecule has 0 amide bonds. The minimum absolute atomic E-state index is 0.570. The largest absolute Gasteiger partial charge is 0.377 e. The lowest BCUT2D eigenvalue weighted by atomic mass is 9.57. The highest BCUT2D eigenvalue weighted by molar-refractivity contribution is 5.01. The monoisotopic (exact) mass is 265 g/mol. The third kappa shape index (κ3) is 3.33. The van der Waals surface area contributed by atoms with Gasteiger partial charge in [-0.25, -0.2) is 0 Å². The van der Waals surface area contributed by atoms with E-state index in [1.807, 2.05) is 0 Å². The fourth-order valence-electron chi connectivity index (χ4n) is 4.56. The Kier molecular flexibility index (Phi) is 4.81. The molecule has 1 spiro atoms. The molecule has 110 valence electrons. The molecule has 1 N–H and O–H groups in total. The first-order valence-electron chi connectivity index (χ1n) is 8.74. The summed E-state index contributed by atoms with van der Waals surface area (Å²) >= 11 is 0. The molecule has 1 atom stereocenters. The van der Waals surface area contributed by atoms with E-state index in [0.29, 0.717) is 11.5 Å². The van der Waals surface area contributed by atoms with Crippen LogP contribution in [0.4, 0.5) is 0 Å². The third-order valence-electron chi connectivity index (χ3n) is 5.92. The summed E-state index contributed by atoms with van der Waals surface area (Å²) in [6.07, 6.45) is 17.6. The Morgan fingerprint density at radius 3 is 2.26 bits per heavy atom. The van der Waals surface area contributed by atoms with Crippen LogP contribution in [0.3, 0.4) is 0 Å². The fraction of sp³-hybridized carbons (Fsp3) is 1.00. The molecule has 3 aliphatic carbocycles. The normalized spacial score (nSPS) is 31.3. The van der Waals surface area contributed by atoms with Gasteiger partial charge in [-0.3, -0.25) is 0 Å². The molecule has 1 unspecified atom stereocenters. The standard InChI is InChI=1S/C17H31NO/c1-3-7-15(8-4-1)19-14-13-18-16-9-12-17(16)10-5-2-6-11-17/h15-16,18H,1-14H2. The quantitative estimate of drug-likeness (QED) is 0.758. The van der Waals surface area contributed by atoms with Crippen molar-refractivity contribution in [3.63, 3.8) is 0 Å². The zero-order chi connectivity index (χ0) is 13.0. The molecular weight excluding hydrogens is 234 g/mol. The molecular formula is C17H31NO. The molecule has 3 fully saturated rings. The maximum absolute atomic E-state index is 6.02. The van der Waals surface area contributed by atoms with Gasteiger partial charge in [-0.1, -0.05) is 38.5 Å². The lowest BCUT2D eigenvalue weighted by Gasteiger charge is -2.52. The predicted molar refractivity (Wildman–Crippen MR) is 79.4 cm³/mol. The minimum Gasteiger partial charge on any atom is -0.377 e. The second kappa shape index (κ2) is 6.58. The first-order chi connectivity index (χ1) is 9.39. The van der Waals surface area contributed by atoms with E-state index in [0.717, 1.165) is 19.2 Å². The highest BCUT2D eigenvalue weighted by atomic mass is 16.5. The van der Waals surface area contributed by atoms with Gasteiger partial charge >= 0.3 is 0 Å². The molecule has 3 saturated carbocycles. The molecule has 0 bridgehead atoms. The Morgan fingerprint density at radius 2 is 1.58 bits per heavy atom. The van der Waals surface area contributed by atoms with Gasteiger partial charge in [-0.15, -0.1) is 0 Å². The van der Waals surface area contributed by atoms with E-state index in [-0.39, 0.29) is 0 Å². The number of hydrogen-bond acceptors (Lipinski definition) is 2. The van der Waals surface area contributed by atoms with Crippen LogP contribution < -0.4 is 5.32 Å². The molecule has 2 nitrogen and oxygen atoms in total. The maximum atomic E-state index is 6.02. The number of ether oxygens (including phenoxy) is 1. The second-order valence-corrected chi connectivity index (χ2v) is 7.10. The summed E-state index contributed by atoms with van der Waals surface area (Å²) in [5.41, 5.74) is 0.698. The summed E-state index contributed by atoms with van der Waals surface area (Å²) in [5.74, 6) is 0. The van der Waals surface area contributed by atoms with Gasteiger partial charge in [-0.05, 0) is 43.9 Å². The molecule has 3 rings (SSSR count). The predicted octanol–water partition coefficient (Wildman–Crippen LogP) is 4.04. The molecule has 0 aliphatic heterocycles. The van der Waals surface area contributed by atoms with E-state index in [4.69, 9.17) is 4.74 Å². The fourth-order valence-corrected chi connectivity index (χ4v) is 4.56. The van der Waals surface area contributed by atoms with Crippen molar-refractivity contribution in [3.8, 4) is 0 Å². The van der Waals surface area contributed by atoms with Crippen molar-refractivity contribution in [3.05, 3.63) is 0 Å². The highest BCUT2D eigenvalue weighted by Gasteiger charge is 2.46. The maximum Gasteiger partial charge on any atom is 0.0594 e. The molecule has 3 aliphatic rings. The van der Waals surface area contributed by atoms with Crippen LogP contribution in [0.5, 0.6) is 0 Å². The van der Waals surface area contributed by atoms with Crippen LogP contribution in [-0.2, 0) is 4.74 Å². The van der Waals surface area contributed by atoms with Crippen molar-refractivity contribution >= 4 is 0 Å². The molecule has 2 heteroatoms. The average Bonchev–Trinajstić information content (AvgIpc) is 2.48. The molecule has 0 radical (unpaired) electrons. The van der Waals surface area contributed by atoms with E-state index in [9.17, 15) is 0 Å². The SMILES string of the molecule is C1CCC(OCCNC2CCC23CCCCC3)CC1. The summed E-state index contributed by atoms with van der Waals surface area (Å²) in [7, 11) is 0. The summed E-state index contributed by atoms with van der Waals surface area (Å²) in [6, 6.07) is 0.808. The van der Waals surface area contributed by atoms with Gasteiger partial charge in [0.15, 0.2) is 0 Å². The number of hydrogen-bond donors (Lipinski definition) is 1. The summed E-state index contributed by atoms with van der Waals surface area (Å²) in [5, 5.41) is 3.79.